The molecule has 108 valence electrons. The lowest BCUT2D eigenvalue weighted by atomic mass is 9.87. The number of anilines is 1. The average Bonchev–Trinajstić information content (AvgIpc) is 2.96. The molecule has 5 heteroatoms. The number of fused-ring (bicyclic) bond motifs is 2. The monoisotopic (exact) mass is 281 g/mol. The van der Waals surface area contributed by atoms with Gasteiger partial charge in [0.1, 0.15) is 5.52 Å². The second-order valence-corrected chi connectivity index (χ2v) is 5.83. The summed E-state index contributed by atoms with van der Waals surface area (Å²) in [6.07, 6.45) is 3.42. The highest BCUT2D eigenvalue weighted by Crippen LogP contribution is 2.36. The van der Waals surface area contributed by atoms with Crippen molar-refractivity contribution in [1.29, 1.82) is 0 Å². The van der Waals surface area contributed by atoms with Gasteiger partial charge in [-0.25, -0.2) is 4.98 Å². The largest absolute Gasteiger partial charge is 0.369 e. The highest BCUT2D eigenvalue weighted by atomic mass is 15.4. The van der Waals surface area contributed by atoms with Crippen LogP contribution in [-0.4, -0.2) is 19.3 Å². The molecule has 1 aromatic carbocycles. The second-order valence-electron chi connectivity index (χ2n) is 5.83. The Morgan fingerprint density at radius 2 is 2.10 bits per heavy atom. The van der Waals surface area contributed by atoms with E-state index in [4.69, 9.17) is 5.73 Å². The molecule has 21 heavy (non-hydrogen) atoms. The zero-order valence-corrected chi connectivity index (χ0v) is 12.4. The molecule has 0 radical (unpaired) electrons. The van der Waals surface area contributed by atoms with Gasteiger partial charge in [-0.1, -0.05) is 24.3 Å². The zero-order chi connectivity index (χ0) is 14.6. The van der Waals surface area contributed by atoms with Gasteiger partial charge in [-0.3, -0.25) is 9.25 Å². The molecule has 1 atom stereocenters. The van der Waals surface area contributed by atoms with E-state index in [1.54, 1.807) is 0 Å². The van der Waals surface area contributed by atoms with E-state index in [0.29, 0.717) is 5.95 Å². The normalized spacial score (nSPS) is 18.1. The van der Waals surface area contributed by atoms with E-state index in [2.05, 4.69) is 38.9 Å². The second kappa shape index (κ2) is 4.35. The Balaban J connectivity index is 1.98. The highest BCUT2D eigenvalue weighted by Gasteiger charge is 2.27. The molecule has 0 aliphatic heterocycles. The predicted octanol–water partition coefficient (Wildman–Crippen LogP) is 2.59. The third-order valence-corrected chi connectivity index (χ3v) is 4.51. The minimum Gasteiger partial charge on any atom is -0.369 e. The Morgan fingerprint density at radius 1 is 1.29 bits per heavy atom. The molecule has 2 N–H and O–H groups in total. The quantitative estimate of drug-likeness (QED) is 0.745. The maximum absolute atomic E-state index is 6.23. The summed E-state index contributed by atoms with van der Waals surface area (Å²) in [5, 5.41) is 4.48. The fourth-order valence-corrected chi connectivity index (χ4v) is 3.62. The number of nitrogens with two attached hydrogens (primary N) is 1. The molecule has 1 aliphatic rings. The summed E-state index contributed by atoms with van der Waals surface area (Å²) in [6.45, 7) is 1.98. The number of aromatic nitrogens is 4. The first kappa shape index (κ1) is 12.4. The van der Waals surface area contributed by atoms with Crippen LogP contribution in [0.4, 0.5) is 5.95 Å². The summed E-state index contributed by atoms with van der Waals surface area (Å²) >= 11 is 0. The lowest BCUT2D eigenvalue weighted by Crippen LogP contribution is -2.20. The van der Waals surface area contributed by atoms with Crippen molar-refractivity contribution in [3.8, 4) is 0 Å². The Kier molecular flexibility index (Phi) is 2.58. The molecule has 0 amide bonds. The molecule has 1 unspecified atom stereocenters. The average molecular weight is 281 g/mol. The topological polar surface area (TPSA) is 61.7 Å². The summed E-state index contributed by atoms with van der Waals surface area (Å²) in [4.78, 5) is 4.54. The number of imidazole rings is 1. The number of hydrogen-bond donors (Lipinski definition) is 1. The van der Waals surface area contributed by atoms with Gasteiger partial charge in [0.05, 0.1) is 11.7 Å². The van der Waals surface area contributed by atoms with Gasteiger partial charge in [-0.15, -0.1) is 0 Å². The van der Waals surface area contributed by atoms with E-state index in [-0.39, 0.29) is 6.04 Å². The molecule has 5 nitrogen and oxygen atoms in total. The number of aryl methyl sites for hydroxylation is 3. The van der Waals surface area contributed by atoms with Crippen molar-refractivity contribution in [2.75, 3.05) is 5.73 Å². The van der Waals surface area contributed by atoms with Crippen LogP contribution in [0, 0.1) is 6.92 Å². The van der Waals surface area contributed by atoms with Crippen molar-refractivity contribution in [3.05, 3.63) is 41.1 Å². The van der Waals surface area contributed by atoms with Crippen LogP contribution in [-0.2, 0) is 13.5 Å². The number of nitrogens with zero attached hydrogens (tertiary/aromatic N) is 4. The Bertz CT molecular complexity index is 827. The molecular formula is C16H19N5. The van der Waals surface area contributed by atoms with Crippen LogP contribution in [0.2, 0.25) is 0 Å². The lowest BCUT2D eigenvalue weighted by molar-refractivity contribution is 0.497. The molecule has 2 aromatic heterocycles. The van der Waals surface area contributed by atoms with E-state index in [1.165, 1.54) is 17.5 Å². The molecule has 0 fully saturated rings. The van der Waals surface area contributed by atoms with Crippen LogP contribution in [0.15, 0.2) is 24.3 Å². The molecular weight excluding hydrogens is 262 g/mol. The minimum atomic E-state index is 0.259. The first-order valence-corrected chi connectivity index (χ1v) is 7.41. The molecule has 1 aliphatic carbocycles. The third kappa shape index (κ3) is 1.70. The van der Waals surface area contributed by atoms with Crippen molar-refractivity contribution in [2.45, 2.75) is 32.2 Å². The lowest BCUT2D eigenvalue weighted by Gasteiger charge is -2.27. The van der Waals surface area contributed by atoms with Gasteiger partial charge >= 0.3 is 0 Å². The highest BCUT2D eigenvalue weighted by molar-refractivity contribution is 5.78. The number of nitrogen functional groups attached to an aromatic ring is 1. The SMILES string of the molecule is Cc1nn(C)c2c1nc(N)n2C1CCCc2ccccc21. The van der Waals surface area contributed by atoms with E-state index in [0.717, 1.165) is 29.7 Å². The van der Waals surface area contributed by atoms with Gasteiger partial charge in [0.25, 0.3) is 0 Å². The van der Waals surface area contributed by atoms with Crippen molar-refractivity contribution in [2.24, 2.45) is 7.05 Å². The number of hydrogen-bond acceptors (Lipinski definition) is 3. The van der Waals surface area contributed by atoms with Gasteiger partial charge in [0.15, 0.2) is 5.65 Å². The summed E-state index contributed by atoms with van der Waals surface area (Å²) in [5.74, 6) is 0.586. The predicted molar refractivity (Wildman–Crippen MR) is 83.2 cm³/mol. The van der Waals surface area contributed by atoms with E-state index >= 15 is 0 Å². The molecule has 2 heterocycles. The van der Waals surface area contributed by atoms with E-state index in [9.17, 15) is 0 Å². The van der Waals surface area contributed by atoms with Crippen LogP contribution in [0.1, 0.15) is 35.7 Å². The summed E-state index contributed by atoms with van der Waals surface area (Å²) in [5.41, 5.74) is 11.9. The number of benzene rings is 1. The standard InChI is InChI=1S/C16H19N5/c1-10-14-15(20(2)19-10)21(16(17)18-14)13-9-5-7-11-6-3-4-8-12(11)13/h3-4,6,8,13H,5,7,9H2,1-2H3,(H2,17,18). The van der Waals surface area contributed by atoms with Crippen LogP contribution in [0.3, 0.4) is 0 Å². The molecule has 0 spiro atoms. The van der Waals surface area contributed by atoms with Gasteiger partial charge in [0, 0.05) is 7.05 Å². The molecule has 0 saturated carbocycles. The molecule has 0 bridgehead atoms. The maximum Gasteiger partial charge on any atom is 0.203 e. The van der Waals surface area contributed by atoms with Crippen LogP contribution in [0.25, 0.3) is 11.2 Å². The van der Waals surface area contributed by atoms with Crippen LogP contribution < -0.4 is 5.73 Å². The Hall–Kier alpha value is -2.30. The summed E-state index contributed by atoms with van der Waals surface area (Å²) in [7, 11) is 1.96. The van der Waals surface area contributed by atoms with Crippen molar-refractivity contribution in [3.63, 3.8) is 0 Å². The van der Waals surface area contributed by atoms with Gasteiger partial charge in [-0.05, 0) is 37.3 Å². The molecule has 4 rings (SSSR count). The first-order valence-electron chi connectivity index (χ1n) is 7.41. The maximum atomic E-state index is 6.23. The zero-order valence-electron chi connectivity index (χ0n) is 12.4. The first-order chi connectivity index (χ1) is 10.2. The Morgan fingerprint density at radius 3 is 2.95 bits per heavy atom. The van der Waals surface area contributed by atoms with Gasteiger partial charge in [0.2, 0.25) is 5.95 Å². The van der Waals surface area contributed by atoms with Crippen LogP contribution in [0.5, 0.6) is 0 Å². The van der Waals surface area contributed by atoms with Crippen molar-refractivity contribution >= 4 is 17.1 Å². The minimum absolute atomic E-state index is 0.259. The summed E-state index contributed by atoms with van der Waals surface area (Å²) in [6, 6.07) is 8.92. The smallest absolute Gasteiger partial charge is 0.203 e. The Labute approximate surface area is 123 Å². The van der Waals surface area contributed by atoms with Gasteiger partial charge < -0.3 is 5.73 Å². The van der Waals surface area contributed by atoms with E-state index in [1.807, 2.05) is 18.7 Å². The number of rotatable bonds is 1. The molecule has 3 aromatic rings. The van der Waals surface area contributed by atoms with E-state index < -0.39 is 0 Å². The molecule has 0 saturated heterocycles. The van der Waals surface area contributed by atoms with Crippen molar-refractivity contribution < 1.29 is 0 Å². The van der Waals surface area contributed by atoms with Gasteiger partial charge in [-0.2, -0.15) is 5.10 Å². The van der Waals surface area contributed by atoms with Crippen molar-refractivity contribution in [1.82, 2.24) is 19.3 Å². The third-order valence-electron chi connectivity index (χ3n) is 4.51. The summed E-state index contributed by atoms with van der Waals surface area (Å²) < 4.78 is 4.05. The van der Waals surface area contributed by atoms with Crippen LogP contribution >= 0.6 is 0 Å². The fraction of sp³-hybridized carbons (Fsp3) is 0.375. The fourth-order valence-electron chi connectivity index (χ4n) is 3.62.